The molecule has 0 bridgehead atoms. The summed E-state index contributed by atoms with van der Waals surface area (Å²) in [6.07, 6.45) is 8.19. The number of piperazine rings is 1. The number of aromatic amines is 1. The Morgan fingerprint density at radius 2 is 1.71 bits per heavy atom. The zero-order valence-electron chi connectivity index (χ0n) is 23.1. The number of benzene rings is 1. The van der Waals surface area contributed by atoms with Gasteiger partial charge in [0.2, 0.25) is 5.95 Å². The predicted octanol–water partition coefficient (Wildman–Crippen LogP) is 2.23. The van der Waals surface area contributed by atoms with Crippen LogP contribution in [0.25, 0.3) is 22.3 Å². The monoisotopic (exact) mass is 570 g/mol. The molecule has 4 N–H and O–H groups in total. The molecular formula is C29H31FN10O2. The van der Waals surface area contributed by atoms with Crippen molar-refractivity contribution < 1.29 is 14.2 Å². The van der Waals surface area contributed by atoms with Crippen LogP contribution in [0.3, 0.4) is 0 Å². The lowest BCUT2D eigenvalue weighted by molar-refractivity contribution is 0.118. The number of fused-ring (bicyclic) bond motifs is 1. The number of ether oxygens (including phenoxy) is 1. The Bertz CT molecular complexity index is 1690. The van der Waals surface area contributed by atoms with Gasteiger partial charge < -0.3 is 30.4 Å². The van der Waals surface area contributed by atoms with Gasteiger partial charge in [-0.15, -0.1) is 0 Å². The van der Waals surface area contributed by atoms with Gasteiger partial charge >= 0.3 is 0 Å². The minimum Gasteiger partial charge on any atom is -0.388 e. The molecule has 216 valence electrons. The Labute approximate surface area is 241 Å². The number of aromatic nitrogens is 7. The predicted molar refractivity (Wildman–Crippen MR) is 154 cm³/mol. The topological polar surface area (TPSA) is 147 Å². The lowest BCUT2D eigenvalue weighted by Gasteiger charge is -2.35. The highest BCUT2D eigenvalue weighted by Crippen LogP contribution is 2.31. The first-order chi connectivity index (χ1) is 20.4. The van der Waals surface area contributed by atoms with Gasteiger partial charge in [0.25, 0.3) is 0 Å². The quantitative estimate of drug-likeness (QED) is 0.278. The van der Waals surface area contributed by atoms with E-state index < -0.39 is 11.6 Å². The lowest BCUT2D eigenvalue weighted by atomic mass is 9.87. The largest absolute Gasteiger partial charge is 0.388 e. The van der Waals surface area contributed by atoms with Crippen LogP contribution in [0.5, 0.6) is 0 Å². The number of hydrogen-bond acceptors (Lipinski definition) is 10. The summed E-state index contributed by atoms with van der Waals surface area (Å²) in [7, 11) is 0. The standard InChI is InChI=1S/C29H31FN10O2/c1-29(31,19-2-4-21(30)5-3-19)20-12-32-28(33-13-20)39-8-6-38(7-9-39)27-22-10-23(37-26(22)34-17-35-27)18-11-36-40(14-18)24-15-42-16-25(24)41/h2-5,10-14,17,24-25,41H,6-9,15-16,31H2,1H3,(H,34,35,37)/t24?,25-,29?/m0/s1. The Balaban J connectivity index is 1.05. The van der Waals surface area contributed by atoms with Crippen LogP contribution in [-0.4, -0.2) is 85.3 Å². The molecule has 2 unspecified atom stereocenters. The summed E-state index contributed by atoms with van der Waals surface area (Å²) < 4.78 is 20.5. The normalized spacial score (nSPS) is 20.8. The van der Waals surface area contributed by atoms with Crippen molar-refractivity contribution in [3.8, 4) is 11.3 Å². The van der Waals surface area contributed by atoms with Gasteiger partial charge in [-0.05, 0) is 30.7 Å². The zero-order chi connectivity index (χ0) is 28.8. The highest BCUT2D eigenvalue weighted by Gasteiger charge is 2.29. The van der Waals surface area contributed by atoms with E-state index in [1.807, 2.05) is 19.2 Å². The Morgan fingerprint density at radius 1 is 0.976 bits per heavy atom. The smallest absolute Gasteiger partial charge is 0.225 e. The fourth-order valence-electron chi connectivity index (χ4n) is 5.61. The molecule has 6 heterocycles. The van der Waals surface area contributed by atoms with Crippen molar-refractivity contribution in [3.05, 3.63) is 78.4 Å². The summed E-state index contributed by atoms with van der Waals surface area (Å²) in [5.41, 5.74) is 9.81. The minimum absolute atomic E-state index is 0.190. The second-order valence-corrected chi connectivity index (χ2v) is 11.0. The molecule has 42 heavy (non-hydrogen) atoms. The van der Waals surface area contributed by atoms with Gasteiger partial charge in [0.1, 0.15) is 35.8 Å². The van der Waals surface area contributed by atoms with Crippen molar-refractivity contribution in [1.29, 1.82) is 0 Å². The van der Waals surface area contributed by atoms with E-state index in [2.05, 4.69) is 39.8 Å². The van der Waals surface area contributed by atoms with E-state index in [4.69, 9.17) is 10.5 Å². The average molecular weight is 571 g/mol. The van der Waals surface area contributed by atoms with Gasteiger partial charge in [-0.3, -0.25) is 4.68 Å². The summed E-state index contributed by atoms with van der Waals surface area (Å²) in [4.78, 5) is 26.1. The number of anilines is 2. The Hall–Kier alpha value is -4.46. The van der Waals surface area contributed by atoms with Crippen LogP contribution in [0.1, 0.15) is 24.1 Å². The van der Waals surface area contributed by atoms with E-state index in [-0.39, 0.29) is 11.9 Å². The number of rotatable bonds is 6. The van der Waals surface area contributed by atoms with Gasteiger partial charge in [0.15, 0.2) is 0 Å². The first-order valence-electron chi connectivity index (χ1n) is 13.9. The van der Waals surface area contributed by atoms with E-state index in [1.54, 1.807) is 41.7 Å². The molecule has 7 rings (SSSR count). The maximum atomic E-state index is 13.4. The summed E-state index contributed by atoms with van der Waals surface area (Å²) in [5.74, 6) is 1.20. The first-order valence-corrected chi connectivity index (χ1v) is 13.9. The van der Waals surface area contributed by atoms with E-state index in [0.29, 0.717) is 19.2 Å². The summed E-state index contributed by atoms with van der Waals surface area (Å²) in [6.45, 7) is 5.54. The van der Waals surface area contributed by atoms with Gasteiger partial charge in [0, 0.05) is 55.9 Å². The van der Waals surface area contributed by atoms with Crippen molar-refractivity contribution in [1.82, 2.24) is 34.7 Å². The number of hydrogen-bond donors (Lipinski definition) is 3. The second-order valence-electron chi connectivity index (χ2n) is 11.0. The van der Waals surface area contributed by atoms with Crippen molar-refractivity contribution in [3.63, 3.8) is 0 Å². The van der Waals surface area contributed by atoms with Gasteiger partial charge in [-0.2, -0.15) is 5.10 Å². The number of halogens is 1. The molecular weight excluding hydrogens is 539 g/mol. The van der Waals surface area contributed by atoms with Gasteiger partial charge in [-0.1, -0.05) is 12.1 Å². The van der Waals surface area contributed by atoms with Crippen LogP contribution in [0.15, 0.2) is 61.4 Å². The van der Waals surface area contributed by atoms with Crippen molar-refractivity contribution >= 4 is 22.8 Å². The summed E-state index contributed by atoms with van der Waals surface area (Å²) >= 11 is 0. The zero-order valence-corrected chi connectivity index (χ0v) is 23.1. The van der Waals surface area contributed by atoms with Crippen LogP contribution in [0.4, 0.5) is 16.2 Å². The van der Waals surface area contributed by atoms with Crippen LogP contribution in [0.2, 0.25) is 0 Å². The van der Waals surface area contributed by atoms with Gasteiger partial charge in [0.05, 0.1) is 36.0 Å². The highest BCUT2D eigenvalue weighted by molar-refractivity contribution is 5.91. The maximum absolute atomic E-state index is 13.4. The summed E-state index contributed by atoms with van der Waals surface area (Å²) in [6, 6.07) is 8.04. The molecule has 1 aromatic carbocycles. The molecule has 2 fully saturated rings. The van der Waals surface area contributed by atoms with Crippen LogP contribution in [-0.2, 0) is 10.3 Å². The molecule has 2 aliphatic heterocycles. The third-order valence-corrected chi connectivity index (χ3v) is 8.22. The van der Waals surface area contributed by atoms with E-state index in [0.717, 1.165) is 65.4 Å². The van der Waals surface area contributed by atoms with Crippen LogP contribution in [0, 0.1) is 5.82 Å². The first kappa shape index (κ1) is 26.4. The fraction of sp³-hybridized carbons (Fsp3) is 0.345. The lowest BCUT2D eigenvalue weighted by Crippen LogP contribution is -2.47. The molecule has 13 heteroatoms. The minimum atomic E-state index is -0.844. The van der Waals surface area contributed by atoms with Crippen molar-refractivity contribution in [2.45, 2.75) is 24.6 Å². The van der Waals surface area contributed by atoms with Gasteiger partial charge in [-0.25, -0.2) is 24.3 Å². The maximum Gasteiger partial charge on any atom is 0.225 e. The summed E-state index contributed by atoms with van der Waals surface area (Å²) in [5, 5.41) is 15.5. The van der Waals surface area contributed by atoms with Crippen LogP contribution >= 0.6 is 0 Å². The van der Waals surface area contributed by atoms with Crippen LogP contribution < -0.4 is 15.5 Å². The number of aliphatic hydroxyl groups is 1. The number of nitrogens with zero attached hydrogens (tertiary/aromatic N) is 8. The molecule has 0 aliphatic carbocycles. The van der Waals surface area contributed by atoms with Crippen molar-refractivity contribution in [2.75, 3.05) is 49.2 Å². The SMILES string of the molecule is CC(N)(c1ccc(F)cc1)c1cnc(N2CCN(c3ncnc4[nH]c(-c5cnn(C6COC[C@@H]6O)c5)cc34)CC2)nc1. The molecule has 3 atom stereocenters. The van der Waals surface area contributed by atoms with E-state index in [1.165, 1.54) is 12.1 Å². The molecule has 0 spiro atoms. The molecule has 0 radical (unpaired) electrons. The van der Waals surface area contributed by atoms with Crippen molar-refractivity contribution in [2.24, 2.45) is 5.73 Å². The number of H-pyrrole nitrogens is 1. The molecule has 12 nitrogen and oxygen atoms in total. The fourth-order valence-corrected chi connectivity index (χ4v) is 5.61. The van der Waals surface area contributed by atoms with E-state index >= 15 is 0 Å². The molecule has 2 aliphatic rings. The molecule has 0 amide bonds. The number of nitrogens with one attached hydrogen (secondary N) is 1. The average Bonchev–Trinajstić information content (AvgIpc) is 3.77. The highest BCUT2D eigenvalue weighted by atomic mass is 19.1. The molecule has 5 aromatic rings. The number of nitrogens with two attached hydrogens (primary N) is 1. The third kappa shape index (κ3) is 4.74. The van der Waals surface area contributed by atoms with E-state index in [9.17, 15) is 9.50 Å². The number of aliphatic hydroxyl groups excluding tert-OH is 1. The Morgan fingerprint density at radius 3 is 2.43 bits per heavy atom. The Kier molecular flexibility index (Phi) is 6.56. The third-order valence-electron chi connectivity index (χ3n) is 8.22. The molecule has 2 saturated heterocycles. The molecule has 0 saturated carbocycles. The second kappa shape index (κ2) is 10.4. The molecule has 4 aromatic heterocycles.